The van der Waals surface area contributed by atoms with E-state index in [4.69, 9.17) is 0 Å². The van der Waals surface area contributed by atoms with Crippen molar-refractivity contribution in [2.24, 2.45) is 0 Å². The van der Waals surface area contributed by atoms with Gasteiger partial charge in [0.2, 0.25) is 0 Å². The molecular weight excluding hydrogens is 189 g/mol. The molecule has 0 aliphatic rings. The summed E-state index contributed by atoms with van der Waals surface area (Å²) < 4.78 is 12.2. The van der Waals surface area contributed by atoms with Crippen LogP contribution in [0.1, 0.15) is 17.2 Å². The highest BCUT2D eigenvalue weighted by atomic mass is 19.1. The average Bonchev–Trinajstić information content (AvgIpc) is 2.16. The van der Waals surface area contributed by atoms with Crippen molar-refractivity contribution in [3.63, 3.8) is 0 Å². The molecule has 0 bridgehead atoms. The second kappa shape index (κ2) is 4.15. The standard InChI is InChI=1S/C9H10FNO3/c1-6-3-2-4-7(11(13)14)9(6)8(12)5-10/h2-4,8,12H,5H2,1H3. The largest absolute Gasteiger partial charge is 0.385 e. The number of hydrogen-bond donors (Lipinski definition) is 1. The maximum atomic E-state index is 12.2. The lowest BCUT2D eigenvalue weighted by atomic mass is 10.0. The second-order valence-electron chi connectivity index (χ2n) is 2.93. The van der Waals surface area contributed by atoms with Crippen molar-refractivity contribution < 1.29 is 14.4 Å². The number of aryl methyl sites for hydroxylation is 1. The van der Waals surface area contributed by atoms with Gasteiger partial charge in [-0.05, 0) is 12.5 Å². The van der Waals surface area contributed by atoms with Crippen molar-refractivity contribution in [2.45, 2.75) is 13.0 Å². The monoisotopic (exact) mass is 199 g/mol. The zero-order valence-electron chi connectivity index (χ0n) is 7.61. The van der Waals surface area contributed by atoms with E-state index in [0.29, 0.717) is 5.56 Å². The maximum Gasteiger partial charge on any atom is 0.275 e. The zero-order chi connectivity index (χ0) is 10.7. The fourth-order valence-corrected chi connectivity index (χ4v) is 1.34. The van der Waals surface area contributed by atoms with Gasteiger partial charge in [0, 0.05) is 6.07 Å². The van der Waals surface area contributed by atoms with Crippen molar-refractivity contribution in [1.82, 2.24) is 0 Å². The molecular formula is C9H10FNO3. The van der Waals surface area contributed by atoms with Crippen molar-refractivity contribution in [2.75, 3.05) is 6.67 Å². The second-order valence-corrected chi connectivity index (χ2v) is 2.93. The summed E-state index contributed by atoms with van der Waals surface area (Å²) in [5.74, 6) is 0. The minimum absolute atomic E-state index is 0.0556. The van der Waals surface area contributed by atoms with Crippen LogP contribution in [0.4, 0.5) is 10.1 Å². The van der Waals surface area contributed by atoms with Gasteiger partial charge in [0.15, 0.2) is 0 Å². The molecule has 1 unspecified atom stereocenters. The Hall–Kier alpha value is -1.49. The first-order chi connectivity index (χ1) is 6.57. The van der Waals surface area contributed by atoms with Gasteiger partial charge < -0.3 is 5.11 Å². The fraction of sp³-hybridized carbons (Fsp3) is 0.333. The molecule has 0 saturated heterocycles. The van der Waals surface area contributed by atoms with E-state index in [9.17, 15) is 19.6 Å². The topological polar surface area (TPSA) is 63.4 Å². The normalized spacial score (nSPS) is 12.5. The van der Waals surface area contributed by atoms with Gasteiger partial charge in [0.25, 0.3) is 5.69 Å². The lowest BCUT2D eigenvalue weighted by Crippen LogP contribution is -2.06. The molecule has 1 N–H and O–H groups in total. The summed E-state index contributed by atoms with van der Waals surface area (Å²) in [6.07, 6.45) is -1.42. The van der Waals surface area contributed by atoms with Crippen molar-refractivity contribution in [3.05, 3.63) is 39.4 Å². The van der Waals surface area contributed by atoms with Crippen LogP contribution >= 0.6 is 0 Å². The number of aliphatic hydroxyl groups is 1. The summed E-state index contributed by atoms with van der Waals surface area (Å²) in [4.78, 5) is 9.94. The van der Waals surface area contributed by atoms with E-state index < -0.39 is 17.7 Å². The molecule has 0 aromatic heterocycles. The first-order valence-corrected chi connectivity index (χ1v) is 4.06. The summed E-state index contributed by atoms with van der Waals surface area (Å²) in [5, 5.41) is 19.8. The molecule has 76 valence electrons. The Morgan fingerprint density at radius 2 is 2.29 bits per heavy atom. The molecule has 0 saturated carbocycles. The zero-order valence-corrected chi connectivity index (χ0v) is 7.61. The van der Waals surface area contributed by atoms with Crippen LogP contribution in [0.15, 0.2) is 18.2 Å². The van der Waals surface area contributed by atoms with Gasteiger partial charge in [0.05, 0.1) is 10.5 Å². The van der Waals surface area contributed by atoms with Crippen LogP contribution in [0.25, 0.3) is 0 Å². The number of halogens is 1. The smallest absolute Gasteiger partial charge is 0.275 e. The summed E-state index contributed by atoms with van der Waals surface area (Å²) in [5.41, 5.74) is 0.333. The molecule has 0 aliphatic heterocycles. The van der Waals surface area contributed by atoms with E-state index in [-0.39, 0.29) is 11.3 Å². The maximum absolute atomic E-state index is 12.2. The number of hydrogen-bond acceptors (Lipinski definition) is 3. The number of benzene rings is 1. The molecule has 14 heavy (non-hydrogen) atoms. The molecule has 1 rings (SSSR count). The number of alkyl halides is 1. The summed E-state index contributed by atoms with van der Waals surface area (Å²) in [7, 11) is 0. The summed E-state index contributed by atoms with van der Waals surface area (Å²) >= 11 is 0. The molecule has 0 aliphatic carbocycles. The van der Waals surface area contributed by atoms with Crippen molar-refractivity contribution >= 4 is 5.69 Å². The number of aliphatic hydroxyl groups excluding tert-OH is 1. The highest BCUT2D eigenvalue weighted by Crippen LogP contribution is 2.28. The Morgan fingerprint density at radius 1 is 1.64 bits per heavy atom. The van der Waals surface area contributed by atoms with Gasteiger partial charge in [-0.25, -0.2) is 4.39 Å². The molecule has 0 amide bonds. The van der Waals surface area contributed by atoms with Gasteiger partial charge in [-0.2, -0.15) is 0 Å². The third kappa shape index (κ3) is 1.88. The molecule has 0 spiro atoms. The highest BCUT2D eigenvalue weighted by molar-refractivity contribution is 5.46. The molecule has 4 nitrogen and oxygen atoms in total. The molecule has 1 aromatic rings. The van der Waals surface area contributed by atoms with Gasteiger partial charge in [-0.15, -0.1) is 0 Å². The minimum Gasteiger partial charge on any atom is -0.385 e. The molecule has 1 atom stereocenters. The minimum atomic E-state index is -1.42. The number of nitrogens with zero attached hydrogens (tertiary/aromatic N) is 1. The number of nitro benzene ring substituents is 1. The summed E-state index contributed by atoms with van der Waals surface area (Å²) in [6, 6.07) is 4.35. The van der Waals surface area contributed by atoms with Crippen molar-refractivity contribution in [3.8, 4) is 0 Å². The van der Waals surface area contributed by atoms with E-state index in [0.717, 1.165) is 0 Å². The Bertz CT molecular complexity index is 354. The van der Waals surface area contributed by atoms with Gasteiger partial charge >= 0.3 is 0 Å². The van der Waals surface area contributed by atoms with E-state index in [1.165, 1.54) is 12.1 Å². The van der Waals surface area contributed by atoms with Crippen molar-refractivity contribution in [1.29, 1.82) is 0 Å². The predicted octanol–water partition coefficient (Wildman–Crippen LogP) is 1.91. The van der Waals surface area contributed by atoms with Crippen LogP contribution in [0.2, 0.25) is 0 Å². The SMILES string of the molecule is Cc1cccc([N+](=O)[O-])c1C(O)CF. The molecule has 0 fully saturated rings. The van der Waals surface area contributed by atoms with Crippen LogP contribution < -0.4 is 0 Å². The molecule has 0 radical (unpaired) electrons. The molecule has 0 heterocycles. The third-order valence-electron chi connectivity index (χ3n) is 1.98. The highest BCUT2D eigenvalue weighted by Gasteiger charge is 2.21. The van der Waals surface area contributed by atoms with Crippen LogP contribution in [0, 0.1) is 17.0 Å². The molecule has 1 aromatic carbocycles. The Balaban J connectivity index is 3.29. The van der Waals surface area contributed by atoms with Crippen LogP contribution in [-0.4, -0.2) is 16.7 Å². The first kappa shape index (κ1) is 10.6. The molecule has 5 heteroatoms. The van der Waals surface area contributed by atoms with Crippen LogP contribution in [0.5, 0.6) is 0 Å². The lowest BCUT2D eigenvalue weighted by Gasteiger charge is -2.09. The van der Waals surface area contributed by atoms with E-state index in [1.54, 1.807) is 13.0 Å². The third-order valence-corrected chi connectivity index (χ3v) is 1.98. The fourth-order valence-electron chi connectivity index (χ4n) is 1.34. The van der Waals surface area contributed by atoms with E-state index in [2.05, 4.69) is 0 Å². The quantitative estimate of drug-likeness (QED) is 0.597. The Kier molecular flexibility index (Phi) is 3.14. The first-order valence-electron chi connectivity index (χ1n) is 4.06. The number of nitro groups is 1. The summed E-state index contributed by atoms with van der Waals surface area (Å²) in [6.45, 7) is 0.576. The Labute approximate surface area is 80.1 Å². The number of rotatable bonds is 3. The Morgan fingerprint density at radius 3 is 2.79 bits per heavy atom. The average molecular weight is 199 g/mol. The predicted molar refractivity (Wildman–Crippen MR) is 48.8 cm³/mol. The van der Waals surface area contributed by atoms with Crippen LogP contribution in [-0.2, 0) is 0 Å². The lowest BCUT2D eigenvalue weighted by molar-refractivity contribution is -0.386. The van der Waals surface area contributed by atoms with E-state index in [1.807, 2.05) is 0 Å². The van der Waals surface area contributed by atoms with Crippen LogP contribution in [0.3, 0.4) is 0 Å². The van der Waals surface area contributed by atoms with Gasteiger partial charge in [0.1, 0.15) is 12.8 Å². The van der Waals surface area contributed by atoms with Gasteiger partial charge in [-0.3, -0.25) is 10.1 Å². The van der Waals surface area contributed by atoms with E-state index >= 15 is 0 Å². The van der Waals surface area contributed by atoms with Gasteiger partial charge in [-0.1, -0.05) is 12.1 Å².